The van der Waals surface area contributed by atoms with E-state index in [1.165, 1.54) is 0 Å². The second-order valence-electron chi connectivity index (χ2n) is 6.46. The first-order valence-corrected chi connectivity index (χ1v) is 5.99. The molecule has 0 bridgehead atoms. The lowest BCUT2D eigenvalue weighted by Gasteiger charge is -2.25. The van der Waals surface area contributed by atoms with Crippen molar-refractivity contribution in [2.24, 2.45) is 0 Å². The summed E-state index contributed by atoms with van der Waals surface area (Å²) in [6.07, 6.45) is -0.914. The molecule has 0 amide bonds. The average Bonchev–Trinajstić information content (AvgIpc) is 1.95. The third-order valence-corrected chi connectivity index (χ3v) is 1.94. The van der Waals surface area contributed by atoms with E-state index in [0.717, 1.165) is 11.0 Å². The topological polar surface area (TPSA) is 77.8 Å². The Hall–Kier alpha value is -0.690. The van der Waals surface area contributed by atoms with Gasteiger partial charge in [0.25, 0.3) is 0 Å². The third kappa shape index (κ3) is 20.7. The Morgan fingerprint density at radius 1 is 1.06 bits per heavy atom. The predicted octanol–water partition coefficient (Wildman–Crippen LogP) is -0.787. The molecule has 0 saturated carbocycles. The molecule has 18 heavy (non-hydrogen) atoms. The molecule has 0 saturated heterocycles. The van der Waals surface area contributed by atoms with Gasteiger partial charge in [0.05, 0.1) is 55.3 Å². The lowest BCUT2D eigenvalue weighted by molar-refractivity contribution is -0.873. The van der Waals surface area contributed by atoms with Crippen molar-refractivity contribution in [1.29, 1.82) is 0 Å². The van der Waals surface area contributed by atoms with Crippen molar-refractivity contribution in [3.63, 3.8) is 0 Å². The van der Waals surface area contributed by atoms with Gasteiger partial charge in [-0.25, -0.2) is 0 Å². The van der Waals surface area contributed by atoms with E-state index in [2.05, 4.69) is 21.1 Å². The summed E-state index contributed by atoms with van der Waals surface area (Å²) in [6.45, 7) is 1.58. The van der Waals surface area contributed by atoms with Crippen molar-refractivity contribution in [3.8, 4) is 0 Å². The average molecular weight is 266 g/mol. The molecule has 3 N–H and O–H groups in total. The van der Waals surface area contributed by atoms with E-state index in [-0.39, 0.29) is 13.0 Å². The van der Waals surface area contributed by atoms with Crippen LogP contribution in [0.3, 0.4) is 0 Å². The van der Waals surface area contributed by atoms with Gasteiger partial charge in [-0.3, -0.25) is 4.79 Å². The zero-order chi connectivity index (χ0) is 15.0. The van der Waals surface area contributed by atoms with Gasteiger partial charge in [-0.2, -0.15) is 0 Å². The first kappa shape index (κ1) is 19.6. The van der Waals surface area contributed by atoms with E-state index in [1.807, 2.05) is 21.1 Å². The highest BCUT2D eigenvalue weighted by Crippen LogP contribution is 1.98. The maximum Gasteiger partial charge on any atom is 0.306 e. The summed E-state index contributed by atoms with van der Waals surface area (Å²) >= 11 is 0. The lowest BCUT2D eigenvalue weighted by atomic mass is 10.2. The van der Waals surface area contributed by atoms with Gasteiger partial charge in [-0.15, -0.1) is 0 Å². The minimum atomic E-state index is -0.953. The minimum absolute atomic E-state index is 0.171. The van der Waals surface area contributed by atoms with Crippen LogP contribution in [0.1, 0.15) is 6.42 Å². The molecule has 6 heteroatoms. The van der Waals surface area contributed by atoms with Crippen LogP contribution < -0.4 is 0 Å². The molecule has 0 aromatic carbocycles. The Labute approximate surface area is 110 Å². The van der Waals surface area contributed by atoms with E-state index in [1.54, 1.807) is 0 Å². The largest absolute Gasteiger partial charge is 0.481 e. The van der Waals surface area contributed by atoms with Crippen molar-refractivity contribution in [2.75, 3.05) is 62.0 Å². The fourth-order valence-electron chi connectivity index (χ4n) is 1.20. The van der Waals surface area contributed by atoms with Gasteiger partial charge in [0.2, 0.25) is 0 Å². The number of nitrogens with zero attached hydrogens (tertiary/aromatic N) is 2. The summed E-state index contributed by atoms with van der Waals surface area (Å²) in [7, 11) is 11.9. The summed E-state index contributed by atoms with van der Waals surface area (Å²) in [5.41, 5.74) is 0. The Bertz CT molecular complexity index is 231. The van der Waals surface area contributed by atoms with Crippen molar-refractivity contribution in [1.82, 2.24) is 0 Å². The molecular formula is C12H30N2O4+2. The number of carbonyl (C=O) groups is 1. The molecule has 0 spiro atoms. The first-order chi connectivity index (χ1) is 7.87. The van der Waals surface area contributed by atoms with Crippen LogP contribution in [-0.2, 0) is 4.79 Å². The van der Waals surface area contributed by atoms with Gasteiger partial charge < -0.3 is 24.3 Å². The summed E-state index contributed by atoms with van der Waals surface area (Å²) in [6, 6.07) is 0. The molecule has 0 rings (SSSR count). The van der Waals surface area contributed by atoms with Gasteiger partial charge in [-0.05, 0) is 0 Å². The Balaban J connectivity index is 0. The van der Waals surface area contributed by atoms with E-state index < -0.39 is 12.1 Å². The zero-order valence-electron chi connectivity index (χ0n) is 12.6. The predicted molar refractivity (Wildman–Crippen MR) is 71.1 cm³/mol. The molecule has 110 valence electrons. The molecule has 0 aromatic rings. The minimum Gasteiger partial charge on any atom is -0.481 e. The van der Waals surface area contributed by atoms with Crippen LogP contribution in [0.5, 0.6) is 0 Å². The number of carboxylic acid groups (broad SMARTS) is 1. The van der Waals surface area contributed by atoms with Crippen LogP contribution in [0, 0.1) is 0 Å². The van der Waals surface area contributed by atoms with Crippen LogP contribution in [0.25, 0.3) is 0 Å². The number of aliphatic carboxylic acids is 1. The van der Waals surface area contributed by atoms with Crippen LogP contribution in [0.4, 0.5) is 0 Å². The smallest absolute Gasteiger partial charge is 0.306 e. The fourth-order valence-corrected chi connectivity index (χ4v) is 1.20. The van der Waals surface area contributed by atoms with Gasteiger partial charge in [-0.1, -0.05) is 0 Å². The molecule has 6 nitrogen and oxygen atoms in total. The highest BCUT2D eigenvalue weighted by atomic mass is 16.4. The number of rotatable bonds is 6. The van der Waals surface area contributed by atoms with E-state index in [0.29, 0.717) is 11.0 Å². The molecule has 1 unspecified atom stereocenters. The standard InChI is InChI=1S/C7H15NO3.C5H14NO/c1-8(2,3)5-6(9)4-7(10)11;1-6(2,3)4-5-7/h6,9H,4-5H2,1-3H3;7H,4-5H2,1-3H3/q;+1/p+1. The molecule has 0 aliphatic carbocycles. The maximum atomic E-state index is 10.1. The molecule has 1 atom stereocenters. The van der Waals surface area contributed by atoms with Crippen molar-refractivity contribution >= 4 is 5.97 Å². The Morgan fingerprint density at radius 3 is 1.67 bits per heavy atom. The van der Waals surface area contributed by atoms with Crippen LogP contribution in [-0.4, -0.2) is 98.3 Å². The number of hydrogen-bond acceptors (Lipinski definition) is 3. The van der Waals surface area contributed by atoms with Crippen molar-refractivity contribution < 1.29 is 29.1 Å². The van der Waals surface area contributed by atoms with Crippen LogP contribution in [0.15, 0.2) is 0 Å². The van der Waals surface area contributed by atoms with Crippen LogP contribution in [0.2, 0.25) is 0 Å². The highest BCUT2D eigenvalue weighted by Gasteiger charge is 2.17. The molecular weight excluding hydrogens is 236 g/mol. The summed E-state index contributed by atoms with van der Waals surface area (Å²) < 4.78 is 1.42. The molecule has 0 aliphatic rings. The fraction of sp³-hybridized carbons (Fsp3) is 0.917. The Morgan fingerprint density at radius 2 is 1.50 bits per heavy atom. The SMILES string of the molecule is C[N+](C)(C)CC(O)CC(=O)O.C[N+](C)(C)CCO. The van der Waals surface area contributed by atoms with Crippen molar-refractivity contribution in [3.05, 3.63) is 0 Å². The summed E-state index contributed by atoms with van der Waals surface area (Å²) in [5.74, 6) is -0.953. The number of aliphatic hydroxyl groups is 2. The zero-order valence-corrected chi connectivity index (χ0v) is 12.6. The lowest BCUT2D eigenvalue weighted by Crippen LogP contribution is -2.42. The van der Waals surface area contributed by atoms with Gasteiger partial charge >= 0.3 is 5.97 Å². The molecule has 0 aliphatic heterocycles. The third-order valence-electron chi connectivity index (χ3n) is 1.94. The molecule has 0 fully saturated rings. The van der Waals surface area contributed by atoms with Gasteiger partial charge in [0.15, 0.2) is 0 Å². The van der Waals surface area contributed by atoms with Crippen molar-refractivity contribution in [2.45, 2.75) is 12.5 Å². The van der Waals surface area contributed by atoms with E-state index in [9.17, 15) is 4.79 Å². The Kier molecular flexibility index (Phi) is 9.19. The monoisotopic (exact) mass is 266 g/mol. The number of quaternary nitrogens is 2. The second-order valence-corrected chi connectivity index (χ2v) is 6.46. The van der Waals surface area contributed by atoms with Crippen LogP contribution >= 0.6 is 0 Å². The van der Waals surface area contributed by atoms with Gasteiger partial charge in [0.1, 0.15) is 19.2 Å². The summed E-state index contributed by atoms with van der Waals surface area (Å²) in [5, 5.41) is 25.9. The number of likely N-dealkylation sites (N-methyl/N-ethyl adjacent to an activating group) is 2. The number of aliphatic hydroxyl groups excluding tert-OH is 2. The van der Waals surface area contributed by atoms with E-state index >= 15 is 0 Å². The normalized spacial score (nSPS) is 13.6. The summed E-state index contributed by atoms with van der Waals surface area (Å²) in [4.78, 5) is 10.1. The quantitative estimate of drug-likeness (QED) is 0.551. The molecule has 0 radical (unpaired) electrons. The highest BCUT2D eigenvalue weighted by molar-refractivity contribution is 5.67. The maximum absolute atomic E-state index is 10.1. The van der Waals surface area contributed by atoms with Gasteiger partial charge in [0, 0.05) is 0 Å². The second kappa shape index (κ2) is 8.42. The van der Waals surface area contributed by atoms with E-state index in [4.69, 9.17) is 15.3 Å². The molecule has 0 heterocycles. The molecule has 0 aromatic heterocycles. The number of hydrogen-bond donors (Lipinski definition) is 3. The first-order valence-electron chi connectivity index (χ1n) is 5.99. The number of carboxylic acids is 1.